The highest BCUT2D eigenvalue weighted by molar-refractivity contribution is 6.07. The number of benzene rings is 4. The van der Waals surface area contributed by atoms with E-state index in [9.17, 15) is 9.18 Å². The molecule has 3 nitrogen and oxygen atoms in total. The molecule has 1 atom stereocenters. The molecule has 0 bridgehead atoms. The molecule has 160 valence electrons. The van der Waals surface area contributed by atoms with Crippen LogP contribution >= 0.6 is 0 Å². The van der Waals surface area contributed by atoms with Crippen molar-refractivity contribution in [3.63, 3.8) is 0 Å². The minimum atomic E-state index is -0.254. The van der Waals surface area contributed by atoms with Crippen LogP contribution in [0.4, 0.5) is 4.39 Å². The first-order valence-corrected chi connectivity index (χ1v) is 10.8. The Bertz CT molecular complexity index is 1280. The van der Waals surface area contributed by atoms with Crippen LogP contribution in [0.3, 0.4) is 0 Å². The van der Waals surface area contributed by atoms with Gasteiger partial charge in [0.15, 0.2) is 0 Å². The van der Waals surface area contributed by atoms with Crippen LogP contribution in [0.2, 0.25) is 0 Å². The first-order valence-electron chi connectivity index (χ1n) is 10.8. The Morgan fingerprint density at radius 2 is 1.75 bits per heavy atom. The minimum absolute atomic E-state index is 0.0331. The van der Waals surface area contributed by atoms with E-state index in [1.54, 1.807) is 12.1 Å². The molecule has 0 fully saturated rings. The number of hydrogen-bond acceptors (Lipinski definition) is 2. The lowest BCUT2D eigenvalue weighted by Crippen LogP contribution is -2.47. The molecule has 0 saturated heterocycles. The van der Waals surface area contributed by atoms with Gasteiger partial charge in [0, 0.05) is 12.1 Å². The summed E-state index contributed by atoms with van der Waals surface area (Å²) in [4.78, 5) is 15.6. The standard InChI is InChI=1S/C28H24FNO2/c1-19-9-13-25(14-10-19)32-18-24-16-22-15-23(29)12-11-21(22)17-30(24)28(31)27-8-4-6-20-5-2-3-7-26(20)27/h2-15,24H,16-18H2,1H3. The fourth-order valence-electron chi connectivity index (χ4n) is 4.40. The summed E-state index contributed by atoms with van der Waals surface area (Å²) in [5.74, 6) is 0.475. The summed E-state index contributed by atoms with van der Waals surface area (Å²) in [5.41, 5.74) is 3.75. The van der Waals surface area contributed by atoms with Gasteiger partial charge in [-0.05, 0) is 65.6 Å². The first-order chi connectivity index (χ1) is 15.6. The molecule has 0 saturated carbocycles. The van der Waals surface area contributed by atoms with Crippen LogP contribution < -0.4 is 4.74 Å². The number of rotatable bonds is 4. The fourth-order valence-corrected chi connectivity index (χ4v) is 4.40. The highest BCUT2D eigenvalue weighted by Crippen LogP contribution is 2.28. The molecule has 4 aromatic rings. The Kier molecular flexibility index (Phi) is 5.36. The lowest BCUT2D eigenvalue weighted by molar-refractivity contribution is 0.0568. The van der Waals surface area contributed by atoms with Crippen molar-refractivity contribution in [2.24, 2.45) is 0 Å². The minimum Gasteiger partial charge on any atom is -0.491 e. The van der Waals surface area contributed by atoms with E-state index in [-0.39, 0.29) is 17.8 Å². The highest BCUT2D eigenvalue weighted by atomic mass is 19.1. The molecular formula is C28H24FNO2. The van der Waals surface area contributed by atoms with E-state index in [1.807, 2.05) is 78.6 Å². The number of carbonyl (C=O) groups is 1. The predicted molar refractivity (Wildman–Crippen MR) is 124 cm³/mol. The molecule has 1 aliphatic heterocycles. The Morgan fingerprint density at radius 1 is 0.969 bits per heavy atom. The second-order valence-electron chi connectivity index (χ2n) is 8.35. The summed E-state index contributed by atoms with van der Waals surface area (Å²) in [6.45, 7) is 2.80. The maximum absolute atomic E-state index is 13.9. The third-order valence-corrected chi connectivity index (χ3v) is 6.15. The lowest BCUT2D eigenvalue weighted by atomic mass is 9.93. The summed E-state index contributed by atoms with van der Waals surface area (Å²) in [7, 11) is 0. The third-order valence-electron chi connectivity index (χ3n) is 6.15. The molecule has 0 spiro atoms. The van der Waals surface area contributed by atoms with Crippen LogP contribution in [0.25, 0.3) is 10.8 Å². The molecule has 0 aromatic heterocycles. The maximum atomic E-state index is 13.9. The number of carbonyl (C=O) groups excluding carboxylic acids is 1. The molecule has 32 heavy (non-hydrogen) atoms. The van der Waals surface area contributed by atoms with E-state index in [2.05, 4.69) is 0 Å². The van der Waals surface area contributed by atoms with Crippen molar-refractivity contribution in [2.75, 3.05) is 6.61 Å². The Balaban J connectivity index is 1.48. The topological polar surface area (TPSA) is 29.5 Å². The van der Waals surface area contributed by atoms with Gasteiger partial charge in [-0.15, -0.1) is 0 Å². The van der Waals surface area contributed by atoms with Crippen LogP contribution in [0.1, 0.15) is 27.0 Å². The molecule has 1 unspecified atom stereocenters. The Labute approximate surface area is 187 Å². The highest BCUT2D eigenvalue weighted by Gasteiger charge is 2.32. The SMILES string of the molecule is Cc1ccc(OCC2Cc3cc(F)ccc3CN2C(=O)c2cccc3ccccc23)cc1. The molecule has 1 amide bonds. The molecule has 4 aromatic carbocycles. The van der Waals surface area contributed by atoms with E-state index < -0.39 is 0 Å². The molecular weight excluding hydrogens is 401 g/mol. The molecule has 4 heteroatoms. The van der Waals surface area contributed by atoms with Crippen molar-refractivity contribution in [1.29, 1.82) is 0 Å². The van der Waals surface area contributed by atoms with E-state index in [0.29, 0.717) is 25.1 Å². The zero-order valence-electron chi connectivity index (χ0n) is 17.9. The van der Waals surface area contributed by atoms with Crippen molar-refractivity contribution in [1.82, 2.24) is 4.90 Å². The van der Waals surface area contributed by atoms with E-state index in [4.69, 9.17) is 4.74 Å². The largest absolute Gasteiger partial charge is 0.491 e. The van der Waals surface area contributed by atoms with Crippen LogP contribution in [0, 0.1) is 12.7 Å². The van der Waals surface area contributed by atoms with Crippen molar-refractivity contribution < 1.29 is 13.9 Å². The van der Waals surface area contributed by atoms with Crippen molar-refractivity contribution >= 4 is 16.7 Å². The van der Waals surface area contributed by atoms with Gasteiger partial charge in [0.1, 0.15) is 18.2 Å². The second-order valence-corrected chi connectivity index (χ2v) is 8.35. The number of ether oxygens (including phenoxy) is 1. The van der Waals surface area contributed by atoms with Gasteiger partial charge in [-0.2, -0.15) is 0 Å². The molecule has 5 rings (SSSR count). The average Bonchev–Trinajstić information content (AvgIpc) is 2.82. The molecule has 0 aliphatic carbocycles. The smallest absolute Gasteiger partial charge is 0.255 e. The van der Waals surface area contributed by atoms with Crippen molar-refractivity contribution in [2.45, 2.75) is 25.9 Å². The number of aryl methyl sites for hydroxylation is 1. The summed E-state index contributed by atoms with van der Waals surface area (Å²) >= 11 is 0. The van der Waals surface area contributed by atoms with Gasteiger partial charge in [-0.3, -0.25) is 4.79 Å². The summed E-state index contributed by atoms with van der Waals surface area (Å²) < 4.78 is 20.0. The normalized spacial score (nSPS) is 15.4. The van der Waals surface area contributed by atoms with Gasteiger partial charge < -0.3 is 9.64 Å². The van der Waals surface area contributed by atoms with E-state index in [0.717, 1.165) is 33.2 Å². The third kappa shape index (κ3) is 3.96. The number of hydrogen-bond donors (Lipinski definition) is 0. The predicted octanol–water partition coefficient (Wildman–Crippen LogP) is 5.93. The van der Waals surface area contributed by atoms with Crippen LogP contribution in [-0.4, -0.2) is 23.5 Å². The average molecular weight is 426 g/mol. The van der Waals surface area contributed by atoms with Crippen LogP contribution in [0.15, 0.2) is 84.9 Å². The van der Waals surface area contributed by atoms with Gasteiger partial charge in [-0.1, -0.05) is 60.2 Å². The molecule has 1 heterocycles. The van der Waals surface area contributed by atoms with Gasteiger partial charge >= 0.3 is 0 Å². The molecule has 1 aliphatic rings. The van der Waals surface area contributed by atoms with Crippen LogP contribution in [-0.2, 0) is 13.0 Å². The Morgan fingerprint density at radius 3 is 2.59 bits per heavy atom. The van der Waals surface area contributed by atoms with Crippen molar-refractivity contribution in [3.8, 4) is 5.75 Å². The number of amides is 1. The monoisotopic (exact) mass is 425 g/mol. The van der Waals surface area contributed by atoms with Gasteiger partial charge in [-0.25, -0.2) is 4.39 Å². The lowest BCUT2D eigenvalue weighted by Gasteiger charge is -2.37. The van der Waals surface area contributed by atoms with E-state index >= 15 is 0 Å². The fraction of sp³-hybridized carbons (Fsp3) is 0.179. The van der Waals surface area contributed by atoms with Gasteiger partial charge in [0.2, 0.25) is 0 Å². The molecule has 0 N–H and O–H groups in total. The van der Waals surface area contributed by atoms with Crippen LogP contribution in [0.5, 0.6) is 5.75 Å². The molecule has 0 radical (unpaired) electrons. The summed E-state index contributed by atoms with van der Waals surface area (Å²) in [6.07, 6.45) is 0.551. The summed E-state index contributed by atoms with van der Waals surface area (Å²) in [5, 5.41) is 1.97. The number of fused-ring (bicyclic) bond motifs is 2. The first kappa shape index (κ1) is 20.3. The maximum Gasteiger partial charge on any atom is 0.255 e. The number of nitrogens with zero attached hydrogens (tertiary/aromatic N) is 1. The van der Waals surface area contributed by atoms with Gasteiger partial charge in [0.05, 0.1) is 6.04 Å². The summed E-state index contributed by atoms with van der Waals surface area (Å²) in [6, 6.07) is 26.2. The zero-order valence-corrected chi connectivity index (χ0v) is 17.9. The second kappa shape index (κ2) is 8.46. The van der Waals surface area contributed by atoms with Gasteiger partial charge in [0.25, 0.3) is 5.91 Å². The van der Waals surface area contributed by atoms with Crippen molar-refractivity contribution in [3.05, 3.63) is 113 Å². The zero-order chi connectivity index (χ0) is 22.1. The quantitative estimate of drug-likeness (QED) is 0.405. The number of halogens is 1. The van der Waals surface area contributed by atoms with E-state index in [1.165, 1.54) is 6.07 Å². The Hall–Kier alpha value is -3.66.